The molecule has 3 atom stereocenters. The zero-order valence-corrected chi connectivity index (χ0v) is 11.8. The van der Waals surface area contributed by atoms with Gasteiger partial charge >= 0.3 is 0 Å². The van der Waals surface area contributed by atoms with Crippen molar-refractivity contribution in [3.63, 3.8) is 0 Å². The van der Waals surface area contributed by atoms with Gasteiger partial charge in [-0.05, 0) is 32.4 Å². The summed E-state index contributed by atoms with van der Waals surface area (Å²) in [6.45, 7) is 7.24. The predicted molar refractivity (Wildman–Crippen MR) is 73.9 cm³/mol. The van der Waals surface area contributed by atoms with Crippen LogP contribution in [0.2, 0.25) is 0 Å². The van der Waals surface area contributed by atoms with Gasteiger partial charge in [0.2, 0.25) is 0 Å². The number of halogens is 1. The zero-order valence-electron chi connectivity index (χ0n) is 11.1. The summed E-state index contributed by atoms with van der Waals surface area (Å²) >= 11 is 6.38. The summed E-state index contributed by atoms with van der Waals surface area (Å²) in [6.07, 6.45) is 3.36. The number of hydrogen-bond acceptors (Lipinski definition) is 3. The van der Waals surface area contributed by atoms with Crippen LogP contribution >= 0.6 is 11.6 Å². The molecule has 0 amide bonds. The quantitative estimate of drug-likeness (QED) is 0.785. The van der Waals surface area contributed by atoms with Crippen molar-refractivity contribution in [3.8, 4) is 0 Å². The fourth-order valence-corrected chi connectivity index (χ4v) is 2.70. The van der Waals surface area contributed by atoms with Gasteiger partial charge in [0.25, 0.3) is 0 Å². The van der Waals surface area contributed by atoms with Gasteiger partial charge in [-0.2, -0.15) is 0 Å². The maximum absolute atomic E-state index is 6.38. The minimum Gasteiger partial charge on any atom is -0.373 e. The highest BCUT2D eigenvalue weighted by molar-refractivity contribution is 6.20. The Bertz CT molecular complexity index is 350. The number of hydrogen-bond donors (Lipinski definition) is 0. The van der Waals surface area contributed by atoms with Crippen LogP contribution in [0.1, 0.15) is 31.3 Å². The van der Waals surface area contributed by atoms with E-state index in [-0.39, 0.29) is 5.38 Å². The van der Waals surface area contributed by atoms with Crippen molar-refractivity contribution >= 4 is 11.6 Å². The molecule has 0 bridgehead atoms. The number of ether oxygens (including phenoxy) is 1. The highest BCUT2D eigenvalue weighted by atomic mass is 35.5. The first-order valence-electron chi connectivity index (χ1n) is 6.58. The van der Waals surface area contributed by atoms with Crippen LogP contribution in [-0.2, 0) is 4.74 Å². The Balaban J connectivity index is 1.81. The van der Waals surface area contributed by atoms with Gasteiger partial charge in [0.05, 0.1) is 23.3 Å². The van der Waals surface area contributed by atoms with Crippen LogP contribution in [0, 0.1) is 0 Å². The molecular weight excluding hydrogens is 248 g/mol. The summed E-state index contributed by atoms with van der Waals surface area (Å²) in [7, 11) is 0. The van der Waals surface area contributed by atoms with Crippen LogP contribution in [0.25, 0.3) is 0 Å². The van der Waals surface area contributed by atoms with E-state index in [1.165, 1.54) is 0 Å². The first-order valence-corrected chi connectivity index (χ1v) is 7.01. The van der Waals surface area contributed by atoms with Crippen molar-refractivity contribution < 1.29 is 4.74 Å². The summed E-state index contributed by atoms with van der Waals surface area (Å²) in [6, 6.07) is 5.89. The Morgan fingerprint density at radius 1 is 1.39 bits per heavy atom. The van der Waals surface area contributed by atoms with E-state index in [0.29, 0.717) is 12.2 Å². The van der Waals surface area contributed by atoms with Crippen molar-refractivity contribution in [2.45, 2.75) is 37.9 Å². The topological polar surface area (TPSA) is 25.4 Å². The Hall–Kier alpha value is -0.640. The van der Waals surface area contributed by atoms with E-state index in [4.69, 9.17) is 16.3 Å². The Kier molecular flexibility index (Phi) is 4.98. The van der Waals surface area contributed by atoms with Crippen LogP contribution < -0.4 is 0 Å². The zero-order chi connectivity index (χ0) is 13.0. The first-order chi connectivity index (χ1) is 8.65. The average Bonchev–Trinajstić information content (AvgIpc) is 2.36. The van der Waals surface area contributed by atoms with Crippen molar-refractivity contribution in [2.24, 2.45) is 0 Å². The molecule has 0 aromatic carbocycles. The third-order valence-electron chi connectivity index (χ3n) is 3.20. The molecule has 2 heterocycles. The lowest BCUT2D eigenvalue weighted by molar-refractivity contribution is -0.0681. The highest BCUT2D eigenvalue weighted by Crippen LogP contribution is 2.23. The van der Waals surface area contributed by atoms with Crippen LogP contribution in [0.5, 0.6) is 0 Å². The van der Waals surface area contributed by atoms with E-state index >= 15 is 0 Å². The molecule has 0 radical (unpaired) electrons. The molecule has 1 aromatic rings. The second kappa shape index (κ2) is 6.50. The van der Waals surface area contributed by atoms with Gasteiger partial charge in [-0.25, -0.2) is 0 Å². The van der Waals surface area contributed by atoms with Gasteiger partial charge in [-0.3, -0.25) is 9.88 Å². The molecule has 0 saturated carbocycles. The van der Waals surface area contributed by atoms with Crippen LogP contribution in [0.4, 0.5) is 0 Å². The largest absolute Gasteiger partial charge is 0.373 e. The number of alkyl halides is 1. The molecule has 3 unspecified atom stereocenters. The van der Waals surface area contributed by atoms with Crippen molar-refractivity contribution in [2.75, 3.05) is 19.6 Å². The van der Waals surface area contributed by atoms with E-state index in [2.05, 4.69) is 23.7 Å². The molecule has 1 aromatic heterocycles. The number of morpholine rings is 1. The maximum Gasteiger partial charge on any atom is 0.0769 e. The van der Waals surface area contributed by atoms with Crippen LogP contribution in [0.15, 0.2) is 24.4 Å². The summed E-state index contributed by atoms with van der Waals surface area (Å²) in [4.78, 5) is 6.72. The van der Waals surface area contributed by atoms with E-state index in [1.807, 2.05) is 18.2 Å². The lowest BCUT2D eigenvalue weighted by atomic mass is 10.1. The van der Waals surface area contributed by atoms with Gasteiger partial charge in [0, 0.05) is 25.8 Å². The lowest BCUT2D eigenvalue weighted by Gasteiger charge is -2.35. The normalized spacial score (nSPS) is 27.1. The second-order valence-electron chi connectivity index (χ2n) is 5.03. The molecule has 100 valence electrons. The first kappa shape index (κ1) is 13.8. The number of nitrogens with zero attached hydrogens (tertiary/aromatic N) is 2. The van der Waals surface area contributed by atoms with Gasteiger partial charge in [-0.1, -0.05) is 6.07 Å². The SMILES string of the molecule is CC1CN(CCC(Cl)c2ccccn2)CC(C)O1. The number of aromatic nitrogens is 1. The number of rotatable bonds is 4. The van der Waals surface area contributed by atoms with E-state index in [0.717, 1.165) is 31.7 Å². The third kappa shape index (κ3) is 3.94. The van der Waals surface area contributed by atoms with Gasteiger partial charge in [0.15, 0.2) is 0 Å². The third-order valence-corrected chi connectivity index (χ3v) is 3.64. The molecular formula is C14H21ClN2O. The van der Waals surface area contributed by atoms with E-state index in [1.54, 1.807) is 6.20 Å². The molecule has 1 aliphatic rings. The maximum atomic E-state index is 6.38. The molecule has 1 saturated heterocycles. The standard InChI is InChI=1S/C14H21ClN2O/c1-11-9-17(10-12(2)18-11)8-6-13(15)14-5-3-4-7-16-14/h3-5,7,11-13H,6,8-10H2,1-2H3. The Morgan fingerprint density at radius 2 is 2.11 bits per heavy atom. The second-order valence-corrected chi connectivity index (χ2v) is 5.55. The van der Waals surface area contributed by atoms with Crippen molar-refractivity contribution in [1.82, 2.24) is 9.88 Å². The van der Waals surface area contributed by atoms with Gasteiger partial charge in [0.1, 0.15) is 0 Å². The predicted octanol–water partition coefficient (Wildman–Crippen LogP) is 2.86. The number of pyridine rings is 1. The molecule has 0 aliphatic carbocycles. The van der Waals surface area contributed by atoms with Gasteiger partial charge in [-0.15, -0.1) is 11.6 Å². The average molecular weight is 269 g/mol. The van der Waals surface area contributed by atoms with E-state index < -0.39 is 0 Å². The minimum atomic E-state index is -0.000317. The molecule has 4 heteroatoms. The molecule has 2 rings (SSSR count). The highest BCUT2D eigenvalue weighted by Gasteiger charge is 2.22. The molecule has 18 heavy (non-hydrogen) atoms. The minimum absolute atomic E-state index is 0.000317. The molecule has 1 aliphatic heterocycles. The molecule has 0 spiro atoms. The van der Waals surface area contributed by atoms with E-state index in [9.17, 15) is 0 Å². The molecule has 0 N–H and O–H groups in total. The lowest BCUT2D eigenvalue weighted by Crippen LogP contribution is -2.45. The fraction of sp³-hybridized carbons (Fsp3) is 0.643. The Labute approximate surface area is 114 Å². The summed E-state index contributed by atoms with van der Waals surface area (Å²) in [5.41, 5.74) is 0.966. The van der Waals surface area contributed by atoms with Crippen molar-refractivity contribution in [1.29, 1.82) is 0 Å². The van der Waals surface area contributed by atoms with Crippen LogP contribution in [0.3, 0.4) is 0 Å². The Morgan fingerprint density at radius 3 is 2.72 bits per heavy atom. The molecule has 3 nitrogen and oxygen atoms in total. The van der Waals surface area contributed by atoms with Gasteiger partial charge < -0.3 is 4.74 Å². The summed E-state index contributed by atoms with van der Waals surface area (Å²) in [5.74, 6) is 0. The summed E-state index contributed by atoms with van der Waals surface area (Å²) in [5, 5.41) is -0.000317. The summed E-state index contributed by atoms with van der Waals surface area (Å²) < 4.78 is 5.72. The molecule has 1 fully saturated rings. The van der Waals surface area contributed by atoms with Crippen LogP contribution in [-0.4, -0.2) is 41.7 Å². The smallest absolute Gasteiger partial charge is 0.0769 e. The van der Waals surface area contributed by atoms with Crippen molar-refractivity contribution in [3.05, 3.63) is 30.1 Å². The fourth-order valence-electron chi connectivity index (χ4n) is 2.47. The monoisotopic (exact) mass is 268 g/mol.